The molecule has 19 heavy (non-hydrogen) atoms. The van der Waals surface area contributed by atoms with Crippen molar-refractivity contribution in [1.82, 2.24) is 4.57 Å². The molecule has 1 aromatic heterocycles. The molecule has 0 aliphatic rings. The minimum Gasteiger partial charge on any atom is -0.338 e. The molecule has 0 radical (unpaired) electrons. The second-order valence-corrected chi connectivity index (χ2v) is 7.24. The van der Waals surface area contributed by atoms with Crippen LogP contribution in [0.5, 0.6) is 0 Å². The fourth-order valence-corrected chi connectivity index (χ4v) is 3.21. The first-order valence-corrected chi connectivity index (χ1v) is 8.01. The van der Waals surface area contributed by atoms with E-state index in [1.54, 1.807) is 0 Å². The summed E-state index contributed by atoms with van der Waals surface area (Å²) in [6, 6.07) is 16.1. The van der Waals surface area contributed by atoms with Gasteiger partial charge in [0.15, 0.2) is 0 Å². The van der Waals surface area contributed by atoms with Crippen LogP contribution in [0.1, 0.15) is 36.3 Å². The number of aromatic nitrogens is 1. The third-order valence-electron chi connectivity index (χ3n) is 3.71. The standard InChI is InChI=1S/C17H18IN/c1-11(2)19-16-7-5-4-6-14(16)15-9-8-13(12(3)18)10-17(15)19/h4-12H,1-3H3. The van der Waals surface area contributed by atoms with Gasteiger partial charge in [-0.3, -0.25) is 0 Å². The summed E-state index contributed by atoms with van der Waals surface area (Å²) in [6.45, 7) is 6.75. The van der Waals surface area contributed by atoms with E-state index in [4.69, 9.17) is 0 Å². The quantitative estimate of drug-likeness (QED) is 0.396. The normalized spacial score (nSPS) is 13.5. The topological polar surface area (TPSA) is 4.93 Å². The number of halogens is 1. The Labute approximate surface area is 127 Å². The summed E-state index contributed by atoms with van der Waals surface area (Å²) in [6.07, 6.45) is 0. The Bertz CT molecular complexity index is 737. The highest BCUT2D eigenvalue weighted by Crippen LogP contribution is 2.34. The Morgan fingerprint density at radius 3 is 2.26 bits per heavy atom. The molecule has 3 rings (SSSR count). The lowest BCUT2D eigenvalue weighted by molar-refractivity contribution is 0.642. The summed E-state index contributed by atoms with van der Waals surface area (Å²) in [5, 5.41) is 2.73. The third kappa shape index (κ3) is 2.06. The average molecular weight is 363 g/mol. The minimum absolute atomic E-state index is 0.474. The van der Waals surface area contributed by atoms with E-state index in [0.717, 1.165) is 0 Å². The summed E-state index contributed by atoms with van der Waals surface area (Å²) in [7, 11) is 0. The summed E-state index contributed by atoms with van der Waals surface area (Å²) < 4.78 is 2.99. The molecule has 0 fully saturated rings. The molecule has 1 nitrogen and oxygen atoms in total. The maximum absolute atomic E-state index is 2.48. The molecular weight excluding hydrogens is 345 g/mol. The van der Waals surface area contributed by atoms with Crippen molar-refractivity contribution in [3.63, 3.8) is 0 Å². The monoisotopic (exact) mass is 363 g/mol. The van der Waals surface area contributed by atoms with Gasteiger partial charge in [-0.1, -0.05) is 52.9 Å². The first-order chi connectivity index (χ1) is 9.09. The van der Waals surface area contributed by atoms with Gasteiger partial charge < -0.3 is 4.57 Å². The number of hydrogen-bond donors (Lipinski definition) is 0. The van der Waals surface area contributed by atoms with E-state index in [1.165, 1.54) is 27.4 Å². The zero-order valence-corrected chi connectivity index (χ0v) is 13.7. The fraction of sp³-hybridized carbons (Fsp3) is 0.294. The Hall–Kier alpha value is -1.03. The molecule has 0 aliphatic heterocycles. The van der Waals surface area contributed by atoms with Crippen LogP contribution in [0.2, 0.25) is 0 Å². The molecule has 0 aliphatic carbocycles. The van der Waals surface area contributed by atoms with Crippen LogP contribution in [0.4, 0.5) is 0 Å². The number of alkyl halides is 1. The van der Waals surface area contributed by atoms with Crippen LogP contribution in [-0.2, 0) is 0 Å². The van der Waals surface area contributed by atoms with Crippen LogP contribution in [0.3, 0.4) is 0 Å². The number of rotatable bonds is 2. The second kappa shape index (κ2) is 4.82. The van der Waals surface area contributed by atoms with Crippen LogP contribution in [0.15, 0.2) is 42.5 Å². The second-order valence-electron chi connectivity index (χ2n) is 5.37. The van der Waals surface area contributed by atoms with Crippen LogP contribution >= 0.6 is 22.6 Å². The van der Waals surface area contributed by atoms with E-state index >= 15 is 0 Å². The summed E-state index contributed by atoms with van der Waals surface area (Å²) in [4.78, 5) is 0. The van der Waals surface area contributed by atoms with Gasteiger partial charge in [-0.15, -0.1) is 0 Å². The van der Waals surface area contributed by atoms with E-state index in [2.05, 4.69) is 90.4 Å². The largest absolute Gasteiger partial charge is 0.338 e. The van der Waals surface area contributed by atoms with Crippen LogP contribution in [0.25, 0.3) is 21.8 Å². The fourth-order valence-electron chi connectivity index (χ4n) is 2.82. The SMILES string of the molecule is CC(I)c1ccc2c3ccccc3n(C(C)C)c2c1. The van der Waals surface area contributed by atoms with Gasteiger partial charge in [0.25, 0.3) is 0 Å². The van der Waals surface area contributed by atoms with Crippen molar-refractivity contribution >= 4 is 44.4 Å². The predicted molar refractivity (Wildman–Crippen MR) is 92.3 cm³/mol. The van der Waals surface area contributed by atoms with Gasteiger partial charge in [-0.25, -0.2) is 0 Å². The molecule has 0 saturated heterocycles. The highest BCUT2D eigenvalue weighted by molar-refractivity contribution is 14.1. The molecular formula is C17H18IN. The van der Waals surface area contributed by atoms with Crippen molar-refractivity contribution in [1.29, 1.82) is 0 Å². The van der Waals surface area contributed by atoms with E-state index < -0.39 is 0 Å². The predicted octanol–water partition coefficient (Wildman–Crippen LogP) is 5.87. The summed E-state index contributed by atoms with van der Waals surface area (Å²) in [5.41, 5.74) is 4.10. The van der Waals surface area contributed by atoms with E-state index in [9.17, 15) is 0 Å². The van der Waals surface area contributed by atoms with Crippen molar-refractivity contribution in [3.8, 4) is 0 Å². The van der Waals surface area contributed by atoms with Crippen molar-refractivity contribution in [2.75, 3.05) is 0 Å². The van der Waals surface area contributed by atoms with Crippen LogP contribution in [0, 0.1) is 0 Å². The maximum atomic E-state index is 2.48. The lowest BCUT2D eigenvalue weighted by atomic mass is 10.1. The maximum Gasteiger partial charge on any atom is 0.0496 e. The molecule has 0 N–H and O–H groups in total. The molecule has 2 aromatic carbocycles. The number of benzene rings is 2. The molecule has 98 valence electrons. The van der Waals surface area contributed by atoms with E-state index in [0.29, 0.717) is 9.97 Å². The van der Waals surface area contributed by atoms with E-state index in [-0.39, 0.29) is 0 Å². The molecule has 0 spiro atoms. The zero-order valence-electron chi connectivity index (χ0n) is 11.5. The third-order valence-corrected chi connectivity index (χ3v) is 4.43. The van der Waals surface area contributed by atoms with Crippen LogP contribution < -0.4 is 0 Å². The molecule has 0 bridgehead atoms. The Kier molecular flexibility index (Phi) is 3.29. The molecule has 1 unspecified atom stereocenters. The minimum atomic E-state index is 0.474. The number of fused-ring (bicyclic) bond motifs is 3. The first kappa shape index (κ1) is 13.0. The lowest BCUT2D eigenvalue weighted by Crippen LogP contribution is -2.00. The van der Waals surface area contributed by atoms with Gasteiger partial charge in [-0.05, 0) is 38.5 Å². The molecule has 1 atom stereocenters. The lowest BCUT2D eigenvalue weighted by Gasteiger charge is -2.12. The van der Waals surface area contributed by atoms with Crippen molar-refractivity contribution in [2.45, 2.75) is 30.7 Å². The van der Waals surface area contributed by atoms with Gasteiger partial charge in [0, 0.05) is 31.8 Å². The number of para-hydroxylation sites is 1. The van der Waals surface area contributed by atoms with Gasteiger partial charge >= 0.3 is 0 Å². The molecule has 0 saturated carbocycles. The van der Waals surface area contributed by atoms with Gasteiger partial charge in [0.1, 0.15) is 0 Å². The average Bonchev–Trinajstić information content (AvgIpc) is 2.72. The first-order valence-electron chi connectivity index (χ1n) is 6.76. The van der Waals surface area contributed by atoms with Crippen molar-refractivity contribution in [2.24, 2.45) is 0 Å². The van der Waals surface area contributed by atoms with Crippen LogP contribution in [-0.4, -0.2) is 4.57 Å². The Balaban J connectivity index is 2.46. The Morgan fingerprint density at radius 1 is 0.895 bits per heavy atom. The number of nitrogens with zero attached hydrogens (tertiary/aromatic N) is 1. The summed E-state index contributed by atoms with van der Waals surface area (Å²) in [5.74, 6) is 0. The van der Waals surface area contributed by atoms with Gasteiger partial charge in [0.2, 0.25) is 0 Å². The van der Waals surface area contributed by atoms with Gasteiger partial charge in [0.05, 0.1) is 0 Å². The Morgan fingerprint density at radius 2 is 1.58 bits per heavy atom. The zero-order chi connectivity index (χ0) is 13.6. The smallest absolute Gasteiger partial charge is 0.0496 e. The van der Waals surface area contributed by atoms with Gasteiger partial charge in [-0.2, -0.15) is 0 Å². The molecule has 2 heteroatoms. The molecule has 0 amide bonds. The number of hydrogen-bond acceptors (Lipinski definition) is 0. The molecule has 3 aromatic rings. The van der Waals surface area contributed by atoms with Crippen molar-refractivity contribution in [3.05, 3.63) is 48.0 Å². The molecule has 1 heterocycles. The highest BCUT2D eigenvalue weighted by atomic mass is 127. The highest BCUT2D eigenvalue weighted by Gasteiger charge is 2.13. The van der Waals surface area contributed by atoms with E-state index in [1.807, 2.05) is 0 Å². The summed E-state index contributed by atoms with van der Waals surface area (Å²) >= 11 is 2.48. The van der Waals surface area contributed by atoms with Crippen molar-refractivity contribution < 1.29 is 0 Å².